The fourth-order valence-corrected chi connectivity index (χ4v) is 4.16. The lowest BCUT2D eigenvalue weighted by Crippen LogP contribution is -2.66. The van der Waals surface area contributed by atoms with E-state index in [9.17, 15) is 9.59 Å². The van der Waals surface area contributed by atoms with Gasteiger partial charge in [0.2, 0.25) is 11.8 Å². The van der Waals surface area contributed by atoms with Crippen molar-refractivity contribution in [2.24, 2.45) is 5.92 Å². The van der Waals surface area contributed by atoms with E-state index in [-0.39, 0.29) is 18.4 Å². The average molecular weight is 343 g/mol. The molecule has 0 radical (unpaired) electrons. The van der Waals surface area contributed by atoms with E-state index in [1.165, 1.54) is 0 Å². The lowest BCUT2D eigenvalue weighted by molar-refractivity contribution is -0.155. The second-order valence-electron chi connectivity index (χ2n) is 5.28. The van der Waals surface area contributed by atoms with Crippen LogP contribution in [0.3, 0.4) is 0 Å². The Morgan fingerprint density at radius 3 is 2.84 bits per heavy atom. The number of amides is 2. The number of rotatable bonds is 3. The molecule has 1 aliphatic heterocycles. The SMILES string of the molecule is CC1(C2CC2)C(=O)NCC(=O)N1Cc1sccc1Br. The Bertz CT molecular complexity index is 541. The number of halogens is 1. The molecule has 1 atom stereocenters. The molecule has 19 heavy (non-hydrogen) atoms. The van der Waals surface area contributed by atoms with Gasteiger partial charge in [-0.15, -0.1) is 11.3 Å². The Kier molecular flexibility index (Phi) is 3.17. The van der Waals surface area contributed by atoms with Crippen LogP contribution in [0, 0.1) is 5.92 Å². The van der Waals surface area contributed by atoms with Crippen molar-refractivity contribution < 1.29 is 9.59 Å². The Balaban J connectivity index is 1.92. The van der Waals surface area contributed by atoms with Crippen molar-refractivity contribution in [2.45, 2.75) is 31.8 Å². The summed E-state index contributed by atoms with van der Waals surface area (Å²) in [6.45, 7) is 2.53. The van der Waals surface area contributed by atoms with Crippen molar-refractivity contribution in [1.29, 1.82) is 0 Å². The Morgan fingerprint density at radius 2 is 2.26 bits per heavy atom. The molecule has 0 bridgehead atoms. The molecule has 1 saturated carbocycles. The molecule has 1 aliphatic carbocycles. The molecule has 1 aromatic rings. The molecule has 2 aliphatic rings. The van der Waals surface area contributed by atoms with Crippen LogP contribution in [-0.2, 0) is 16.1 Å². The summed E-state index contributed by atoms with van der Waals surface area (Å²) in [7, 11) is 0. The lowest BCUT2D eigenvalue weighted by atomic mass is 9.90. The van der Waals surface area contributed by atoms with Crippen LogP contribution < -0.4 is 5.32 Å². The van der Waals surface area contributed by atoms with Crippen LogP contribution in [0.2, 0.25) is 0 Å². The zero-order chi connectivity index (χ0) is 13.6. The number of hydrogen-bond acceptors (Lipinski definition) is 3. The minimum atomic E-state index is -0.682. The molecular formula is C13H15BrN2O2S. The van der Waals surface area contributed by atoms with Gasteiger partial charge >= 0.3 is 0 Å². The third-order valence-corrected chi connectivity index (χ3v) is 6.00. The quantitative estimate of drug-likeness (QED) is 0.914. The maximum atomic E-state index is 12.3. The van der Waals surface area contributed by atoms with Gasteiger partial charge in [0.15, 0.2) is 0 Å². The number of carbonyl (C=O) groups excluding carboxylic acids is 2. The van der Waals surface area contributed by atoms with E-state index < -0.39 is 5.54 Å². The fourth-order valence-electron chi connectivity index (χ4n) is 2.70. The molecule has 1 unspecified atom stereocenters. The zero-order valence-electron chi connectivity index (χ0n) is 10.6. The molecule has 102 valence electrons. The van der Waals surface area contributed by atoms with Gasteiger partial charge in [-0.25, -0.2) is 0 Å². The molecule has 6 heteroatoms. The van der Waals surface area contributed by atoms with Gasteiger partial charge in [0, 0.05) is 9.35 Å². The maximum Gasteiger partial charge on any atom is 0.246 e. The molecule has 2 heterocycles. The normalized spacial score (nSPS) is 27.6. The largest absolute Gasteiger partial charge is 0.345 e. The van der Waals surface area contributed by atoms with Crippen molar-refractivity contribution in [1.82, 2.24) is 10.2 Å². The summed E-state index contributed by atoms with van der Waals surface area (Å²) in [5.74, 6) is 0.298. The molecule has 3 rings (SSSR count). The van der Waals surface area contributed by atoms with Crippen LogP contribution in [0.15, 0.2) is 15.9 Å². The van der Waals surface area contributed by atoms with Crippen molar-refractivity contribution in [3.8, 4) is 0 Å². The summed E-state index contributed by atoms with van der Waals surface area (Å²) < 4.78 is 1.01. The number of piperazine rings is 1. The van der Waals surface area contributed by atoms with Crippen molar-refractivity contribution in [3.05, 3.63) is 20.8 Å². The standard InChI is InChI=1S/C13H15BrN2O2S/c1-13(8-2-3-8)12(18)15-6-11(17)16(13)7-10-9(14)4-5-19-10/h4-5,8H,2-3,6-7H2,1H3,(H,15,18). The summed E-state index contributed by atoms with van der Waals surface area (Å²) >= 11 is 5.10. The highest BCUT2D eigenvalue weighted by Gasteiger charge is 2.54. The zero-order valence-corrected chi connectivity index (χ0v) is 13.0. The van der Waals surface area contributed by atoms with Gasteiger partial charge in [0.25, 0.3) is 0 Å². The van der Waals surface area contributed by atoms with E-state index in [0.717, 1.165) is 22.2 Å². The van der Waals surface area contributed by atoms with Crippen LogP contribution in [0.5, 0.6) is 0 Å². The molecule has 2 amide bonds. The van der Waals surface area contributed by atoms with E-state index in [1.54, 1.807) is 16.2 Å². The van der Waals surface area contributed by atoms with Crippen LogP contribution >= 0.6 is 27.3 Å². The van der Waals surface area contributed by atoms with E-state index in [4.69, 9.17) is 0 Å². The molecule has 1 aromatic heterocycles. The first kappa shape index (κ1) is 13.1. The van der Waals surface area contributed by atoms with E-state index >= 15 is 0 Å². The lowest BCUT2D eigenvalue weighted by Gasteiger charge is -2.43. The van der Waals surface area contributed by atoms with Crippen LogP contribution in [0.25, 0.3) is 0 Å². The van der Waals surface area contributed by atoms with Gasteiger partial charge in [-0.1, -0.05) is 0 Å². The van der Waals surface area contributed by atoms with Crippen molar-refractivity contribution >= 4 is 39.1 Å². The monoisotopic (exact) mass is 342 g/mol. The first-order chi connectivity index (χ1) is 9.03. The Morgan fingerprint density at radius 1 is 1.53 bits per heavy atom. The van der Waals surface area contributed by atoms with Gasteiger partial charge in [-0.05, 0) is 53.1 Å². The predicted molar refractivity (Wildman–Crippen MR) is 76.7 cm³/mol. The summed E-state index contributed by atoms with van der Waals surface area (Å²) in [5.41, 5.74) is -0.682. The highest BCUT2D eigenvalue weighted by molar-refractivity contribution is 9.10. The summed E-state index contributed by atoms with van der Waals surface area (Å²) in [6, 6.07) is 1.98. The number of hydrogen-bond donors (Lipinski definition) is 1. The third-order valence-electron chi connectivity index (χ3n) is 4.09. The fraction of sp³-hybridized carbons (Fsp3) is 0.538. The molecule has 4 nitrogen and oxygen atoms in total. The summed E-state index contributed by atoms with van der Waals surface area (Å²) in [5, 5.41) is 4.72. The highest BCUT2D eigenvalue weighted by atomic mass is 79.9. The van der Waals surface area contributed by atoms with Gasteiger partial charge in [0.05, 0.1) is 13.1 Å². The Hall–Kier alpha value is -0.880. The average Bonchev–Trinajstić information content (AvgIpc) is 3.16. The van der Waals surface area contributed by atoms with Crippen LogP contribution in [0.4, 0.5) is 0 Å². The minimum Gasteiger partial charge on any atom is -0.345 e. The molecule has 0 aromatic carbocycles. The summed E-state index contributed by atoms with van der Waals surface area (Å²) in [4.78, 5) is 27.3. The summed E-state index contributed by atoms with van der Waals surface area (Å²) in [6.07, 6.45) is 2.05. The molecule has 1 saturated heterocycles. The molecular weight excluding hydrogens is 328 g/mol. The topological polar surface area (TPSA) is 49.4 Å². The van der Waals surface area contributed by atoms with Gasteiger partial charge in [-0.2, -0.15) is 0 Å². The second kappa shape index (κ2) is 4.59. The first-order valence-corrected chi connectivity index (χ1v) is 8.01. The molecule has 1 N–H and O–H groups in total. The van der Waals surface area contributed by atoms with Gasteiger partial charge < -0.3 is 10.2 Å². The predicted octanol–water partition coefficient (Wildman–Crippen LogP) is 2.14. The van der Waals surface area contributed by atoms with Crippen molar-refractivity contribution in [3.63, 3.8) is 0 Å². The molecule has 2 fully saturated rings. The number of thiophene rings is 1. The minimum absolute atomic E-state index is 0.00861. The Labute approximate surface area is 124 Å². The van der Waals surface area contributed by atoms with Crippen LogP contribution in [0.1, 0.15) is 24.6 Å². The maximum absolute atomic E-state index is 12.3. The number of carbonyl (C=O) groups is 2. The van der Waals surface area contributed by atoms with E-state index in [2.05, 4.69) is 21.2 Å². The van der Waals surface area contributed by atoms with Gasteiger partial charge in [-0.3, -0.25) is 9.59 Å². The van der Waals surface area contributed by atoms with Crippen molar-refractivity contribution in [2.75, 3.05) is 6.54 Å². The highest BCUT2D eigenvalue weighted by Crippen LogP contribution is 2.45. The van der Waals surface area contributed by atoms with E-state index in [1.807, 2.05) is 18.4 Å². The number of nitrogens with zero attached hydrogens (tertiary/aromatic N) is 1. The molecule has 0 spiro atoms. The van der Waals surface area contributed by atoms with Crippen LogP contribution in [-0.4, -0.2) is 28.8 Å². The number of nitrogens with one attached hydrogen (secondary N) is 1. The second-order valence-corrected chi connectivity index (χ2v) is 7.13. The smallest absolute Gasteiger partial charge is 0.246 e. The van der Waals surface area contributed by atoms with Gasteiger partial charge in [0.1, 0.15) is 5.54 Å². The third kappa shape index (κ3) is 2.10. The first-order valence-electron chi connectivity index (χ1n) is 6.34. The van der Waals surface area contributed by atoms with E-state index in [0.29, 0.717) is 12.5 Å².